The van der Waals surface area contributed by atoms with Gasteiger partial charge in [-0.3, -0.25) is 9.59 Å². The van der Waals surface area contributed by atoms with Gasteiger partial charge in [-0.05, 0) is 55.0 Å². The molecule has 0 saturated heterocycles. The molecule has 0 aliphatic heterocycles. The van der Waals surface area contributed by atoms with Crippen molar-refractivity contribution >= 4 is 35.2 Å². The minimum atomic E-state index is -1.12. The number of nitrogens with one attached hydrogen (secondary N) is 2. The van der Waals surface area contributed by atoms with Crippen LogP contribution in [0.15, 0.2) is 54.1 Å². The van der Waals surface area contributed by atoms with Crippen LogP contribution in [0.4, 0.5) is 11.4 Å². The van der Waals surface area contributed by atoms with Gasteiger partial charge in [-0.2, -0.15) is 5.26 Å². The Kier molecular flexibility index (Phi) is 7.71. The first-order chi connectivity index (χ1) is 14.3. The van der Waals surface area contributed by atoms with Gasteiger partial charge in [0.15, 0.2) is 6.10 Å². The molecule has 2 amide bonds. The summed E-state index contributed by atoms with van der Waals surface area (Å²) in [7, 11) is 1.53. The van der Waals surface area contributed by atoms with E-state index in [2.05, 4.69) is 10.6 Å². The second-order valence-electron chi connectivity index (χ2n) is 6.24. The average Bonchev–Trinajstić information content (AvgIpc) is 2.73. The summed E-state index contributed by atoms with van der Waals surface area (Å²) in [5.41, 5.74) is 1.42. The van der Waals surface area contributed by atoms with E-state index in [-0.39, 0.29) is 11.5 Å². The lowest BCUT2D eigenvalue weighted by atomic mass is 10.1. The molecule has 30 heavy (non-hydrogen) atoms. The third-order valence-corrected chi connectivity index (χ3v) is 3.89. The van der Waals surface area contributed by atoms with Crippen LogP contribution in [-0.2, 0) is 19.1 Å². The van der Waals surface area contributed by atoms with Gasteiger partial charge in [0.2, 0.25) is 5.91 Å². The quantitative estimate of drug-likeness (QED) is 0.414. The van der Waals surface area contributed by atoms with Crippen molar-refractivity contribution in [3.63, 3.8) is 0 Å². The molecule has 0 radical (unpaired) electrons. The maximum absolute atomic E-state index is 12.3. The number of ether oxygens (including phenoxy) is 2. The van der Waals surface area contributed by atoms with Crippen molar-refractivity contribution in [1.29, 1.82) is 5.26 Å². The van der Waals surface area contributed by atoms with Crippen molar-refractivity contribution in [2.24, 2.45) is 0 Å². The number of esters is 1. The number of nitrogens with zero attached hydrogens (tertiary/aromatic N) is 1. The lowest BCUT2D eigenvalue weighted by Crippen LogP contribution is -2.30. The second kappa shape index (κ2) is 10.4. The van der Waals surface area contributed by atoms with Crippen LogP contribution in [0.1, 0.15) is 19.4 Å². The standard InChI is InChI=1S/C22H21N3O5/c1-14(21(27)25-19-8-6-18(7-9-19)24-15(2)26)30-22(28)17(13-23)12-16-4-10-20(29-3)11-5-16/h4-12,14H,1-3H3,(H,24,26)(H,25,27)/b17-12+/t14-/m1/s1. The molecule has 0 aliphatic rings. The zero-order valence-corrected chi connectivity index (χ0v) is 16.8. The molecule has 0 saturated carbocycles. The summed E-state index contributed by atoms with van der Waals surface area (Å²) in [6.45, 7) is 2.80. The summed E-state index contributed by atoms with van der Waals surface area (Å²) in [6, 6.07) is 15.0. The lowest BCUT2D eigenvalue weighted by Gasteiger charge is -2.13. The van der Waals surface area contributed by atoms with E-state index in [0.717, 1.165) is 0 Å². The molecule has 0 heterocycles. The Morgan fingerprint density at radius 3 is 2.07 bits per heavy atom. The summed E-state index contributed by atoms with van der Waals surface area (Å²) in [6.07, 6.45) is 0.243. The Balaban J connectivity index is 1.98. The molecular weight excluding hydrogens is 386 g/mol. The highest BCUT2D eigenvalue weighted by Gasteiger charge is 2.20. The topological polar surface area (TPSA) is 118 Å². The van der Waals surface area contributed by atoms with Gasteiger partial charge in [-0.15, -0.1) is 0 Å². The highest BCUT2D eigenvalue weighted by molar-refractivity contribution is 6.01. The van der Waals surface area contributed by atoms with Gasteiger partial charge in [0.05, 0.1) is 7.11 Å². The van der Waals surface area contributed by atoms with Crippen LogP contribution in [-0.4, -0.2) is 31.0 Å². The smallest absolute Gasteiger partial charge is 0.349 e. The third kappa shape index (κ3) is 6.49. The summed E-state index contributed by atoms with van der Waals surface area (Å²) in [5, 5.41) is 14.5. The van der Waals surface area contributed by atoms with E-state index >= 15 is 0 Å². The molecule has 0 aliphatic carbocycles. The fourth-order valence-electron chi connectivity index (χ4n) is 2.37. The van der Waals surface area contributed by atoms with Crippen LogP contribution in [0.25, 0.3) is 6.08 Å². The Bertz CT molecular complexity index is 989. The highest BCUT2D eigenvalue weighted by atomic mass is 16.5. The summed E-state index contributed by atoms with van der Waals surface area (Å²) in [4.78, 5) is 35.6. The number of hydrogen-bond acceptors (Lipinski definition) is 6. The molecule has 2 aromatic carbocycles. The highest BCUT2D eigenvalue weighted by Crippen LogP contribution is 2.16. The van der Waals surface area contributed by atoms with E-state index in [9.17, 15) is 19.6 Å². The first-order valence-corrected chi connectivity index (χ1v) is 8.97. The van der Waals surface area contributed by atoms with Gasteiger partial charge in [-0.1, -0.05) is 12.1 Å². The molecule has 8 heteroatoms. The number of carbonyl (C=O) groups excluding carboxylic acids is 3. The molecule has 8 nitrogen and oxygen atoms in total. The molecule has 0 bridgehead atoms. The maximum Gasteiger partial charge on any atom is 0.349 e. The van der Waals surface area contributed by atoms with Crippen LogP contribution >= 0.6 is 0 Å². The van der Waals surface area contributed by atoms with E-state index in [4.69, 9.17) is 9.47 Å². The van der Waals surface area contributed by atoms with Crippen LogP contribution in [0.2, 0.25) is 0 Å². The van der Waals surface area contributed by atoms with Crippen LogP contribution in [0.3, 0.4) is 0 Å². The summed E-state index contributed by atoms with van der Waals surface area (Å²) < 4.78 is 10.2. The molecule has 2 N–H and O–H groups in total. The van der Waals surface area contributed by atoms with Gasteiger partial charge in [-0.25, -0.2) is 4.79 Å². The molecule has 1 atom stereocenters. The molecule has 0 fully saturated rings. The minimum Gasteiger partial charge on any atom is -0.497 e. The molecule has 0 unspecified atom stereocenters. The van der Waals surface area contributed by atoms with Crippen molar-refractivity contribution in [2.45, 2.75) is 20.0 Å². The first-order valence-electron chi connectivity index (χ1n) is 8.97. The van der Waals surface area contributed by atoms with Crippen LogP contribution in [0, 0.1) is 11.3 Å². The third-order valence-electron chi connectivity index (χ3n) is 3.89. The van der Waals surface area contributed by atoms with Crippen molar-refractivity contribution in [3.8, 4) is 11.8 Å². The van der Waals surface area contributed by atoms with E-state index in [1.54, 1.807) is 54.6 Å². The van der Waals surface area contributed by atoms with E-state index in [1.165, 1.54) is 27.0 Å². The van der Waals surface area contributed by atoms with Gasteiger partial charge in [0, 0.05) is 18.3 Å². The number of anilines is 2. The predicted octanol–water partition coefficient (Wildman–Crippen LogP) is 3.13. The fourth-order valence-corrected chi connectivity index (χ4v) is 2.37. The maximum atomic E-state index is 12.3. The molecule has 2 aromatic rings. The van der Waals surface area contributed by atoms with Crippen molar-refractivity contribution in [3.05, 3.63) is 59.7 Å². The van der Waals surface area contributed by atoms with Crippen molar-refractivity contribution in [1.82, 2.24) is 0 Å². The predicted molar refractivity (Wildman–Crippen MR) is 112 cm³/mol. The van der Waals surface area contributed by atoms with Crippen molar-refractivity contribution in [2.75, 3.05) is 17.7 Å². The number of nitriles is 1. The molecule has 2 rings (SSSR count). The molecule has 0 aromatic heterocycles. The van der Waals surface area contributed by atoms with Gasteiger partial charge >= 0.3 is 5.97 Å². The SMILES string of the molecule is COc1ccc(/C=C(\C#N)C(=O)O[C@H](C)C(=O)Nc2ccc(NC(C)=O)cc2)cc1. The fraction of sp³-hybridized carbons (Fsp3) is 0.182. The number of benzene rings is 2. The van der Waals surface area contributed by atoms with Crippen LogP contribution < -0.4 is 15.4 Å². The number of hydrogen-bond donors (Lipinski definition) is 2. The largest absolute Gasteiger partial charge is 0.497 e. The second-order valence-corrected chi connectivity index (χ2v) is 6.24. The summed E-state index contributed by atoms with van der Waals surface area (Å²) in [5.74, 6) is -1.03. The van der Waals surface area contributed by atoms with E-state index in [1.807, 2.05) is 0 Å². The van der Waals surface area contributed by atoms with E-state index in [0.29, 0.717) is 22.7 Å². The molecular formula is C22H21N3O5. The van der Waals surface area contributed by atoms with E-state index < -0.39 is 18.0 Å². The molecule has 154 valence electrons. The minimum absolute atomic E-state index is 0.205. The Hall–Kier alpha value is -4.12. The Labute approximate surface area is 174 Å². The zero-order chi connectivity index (χ0) is 22.1. The average molecular weight is 407 g/mol. The van der Waals surface area contributed by atoms with Crippen LogP contribution in [0.5, 0.6) is 5.75 Å². The first kappa shape index (κ1) is 22.2. The Morgan fingerprint density at radius 1 is 1.00 bits per heavy atom. The van der Waals surface area contributed by atoms with Crippen molar-refractivity contribution < 1.29 is 23.9 Å². The normalized spacial score (nSPS) is 11.6. The van der Waals surface area contributed by atoms with Gasteiger partial charge in [0.25, 0.3) is 5.91 Å². The number of carbonyl (C=O) groups is 3. The zero-order valence-electron chi connectivity index (χ0n) is 16.8. The monoisotopic (exact) mass is 407 g/mol. The summed E-state index contributed by atoms with van der Waals surface area (Å²) >= 11 is 0. The van der Waals surface area contributed by atoms with Gasteiger partial charge in [0.1, 0.15) is 17.4 Å². The molecule has 0 spiro atoms. The number of amides is 2. The lowest BCUT2D eigenvalue weighted by molar-refractivity contribution is -0.148. The Morgan fingerprint density at radius 2 is 1.57 bits per heavy atom. The number of rotatable bonds is 7. The number of methoxy groups -OCH3 is 1. The van der Waals surface area contributed by atoms with Gasteiger partial charge < -0.3 is 20.1 Å².